The van der Waals surface area contributed by atoms with Crippen molar-refractivity contribution in [2.24, 2.45) is 18.9 Å². The number of nitrogens with one attached hydrogen (secondary N) is 1. The molecule has 0 spiro atoms. The van der Waals surface area contributed by atoms with Crippen molar-refractivity contribution in [2.45, 2.75) is 71.3 Å². The van der Waals surface area contributed by atoms with E-state index in [1.54, 1.807) is 4.80 Å². The highest BCUT2D eigenvalue weighted by molar-refractivity contribution is 4.90. The molecule has 1 aromatic rings. The van der Waals surface area contributed by atoms with Crippen molar-refractivity contribution >= 4 is 0 Å². The average Bonchev–Trinajstić information content (AvgIpc) is 2.90. The largest absolute Gasteiger partial charge is 0.313 e. The van der Waals surface area contributed by atoms with Crippen molar-refractivity contribution in [3.63, 3.8) is 0 Å². The average molecular weight is 293 g/mol. The third kappa shape index (κ3) is 5.06. The lowest BCUT2D eigenvalue weighted by atomic mass is 9.76. The van der Waals surface area contributed by atoms with Crippen LogP contribution in [0.1, 0.15) is 64.6 Å². The Labute approximate surface area is 128 Å². The third-order valence-electron chi connectivity index (χ3n) is 4.77. The summed E-state index contributed by atoms with van der Waals surface area (Å²) in [6, 6.07) is 0.511. The normalized spacial score (nSPS) is 24.1. The topological polar surface area (TPSA) is 55.6 Å². The summed E-state index contributed by atoms with van der Waals surface area (Å²) in [5.74, 6) is 2.61. The van der Waals surface area contributed by atoms with E-state index in [0.717, 1.165) is 30.6 Å². The fourth-order valence-corrected chi connectivity index (χ4v) is 3.62. The summed E-state index contributed by atoms with van der Waals surface area (Å²) in [5.41, 5.74) is 0. The van der Waals surface area contributed by atoms with Crippen LogP contribution in [0.2, 0.25) is 0 Å². The lowest BCUT2D eigenvalue weighted by molar-refractivity contribution is 0.211. The summed E-state index contributed by atoms with van der Waals surface area (Å²) < 4.78 is 0. The molecule has 0 bridgehead atoms. The molecule has 1 atom stereocenters. The van der Waals surface area contributed by atoms with Crippen molar-refractivity contribution in [1.29, 1.82) is 0 Å². The molecule has 1 aromatic heterocycles. The van der Waals surface area contributed by atoms with Crippen molar-refractivity contribution in [3.8, 4) is 0 Å². The van der Waals surface area contributed by atoms with Crippen molar-refractivity contribution < 1.29 is 0 Å². The van der Waals surface area contributed by atoms with Gasteiger partial charge >= 0.3 is 0 Å². The highest BCUT2D eigenvalue weighted by Gasteiger charge is 2.28. The van der Waals surface area contributed by atoms with Gasteiger partial charge in [0.05, 0.1) is 7.05 Å². The molecule has 1 aliphatic carbocycles. The molecule has 0 aromatic carbocycles. The Bertz CT molecular complexity index is 395. The maximum Gasteiger partial charge on any atom is 0.176 e. The van der Waals surface area contributed by atoms with Crippen LogP contribution in [0.25, 0.3) is 0 Å². The van der Waals surface area contributed by atoms with Crippen LogP contribution in [-0.2, 0) is 13.5 Å². The minimum Gasteiger partial charge on any atom is -0.313 e. The maximum atomic E-state index is 4.35. The van der Waals surface area contributed by atoms with E-state index in [1.165, 1.54) is 44.9 Å². The molecule has 0 aliphatic heterocycles. The molecule has 5 nitrogen and oxygen atoms in total. The van der Waals surface area contributed by atoms with E-state index in [0.29, 0.717) is 6.04 Å². The second-order valence-electron chi connectivity index (χ2n) is 6.53. The first-order valence-corrected chi connectivity index (χ1v) is 8.69. The van der Waals surface area contributed by atoms with Gasteiger partial charge in [-0.25, -0.2) is 0 Å². The van der Waals surface area contributed by atoms with Gasteiger partial charge in [0, 0.05) is 12.5 Å². The van der Waals surface area contributed by atoms with Crippen LogP contribution in [0, 0.1) is 11.8 Å². The minimum atomic E-state index is 0.511. The maximum absolute atomic E-state index is 4.35. The van der Waals surface area contributed by atoms with Gasteiger partial charge < -0.3 is 5.32 Å². The number of aromatic nitrogens is 4. The lowest BCUT2D eigenvalue weighted by Gasteiger charge is -2.34. The zero-order chi connectivity index (χ0) is 15.1. The van der Waals surface area contributed by atoms with Gasteiger partial charge in [-0.05, 0) is 42.9 Å². The van der Waals surface area contributed by atoms with Gasteiger partial charge in [0.1, 0.15) is 0 Å². The van der Waals surface area contributed by atoms with Crippen LogP contribution in [-0.4, -0.2) is 32.8 Å². The molecule has 1 saturated carbocycles. The molecule has 1 N–H and O–H groups in total. The molecular formula is C16H31N5. The Morgan fingerprint density at radius 1 is 1.19 bits per heavy atom. The molecule has 2 rings (SSSR count). The first-order valence-electron chi connectivity index (χ1n) is 8.69. The SMILES string of the molecule is CCCNC(Cc1nnn(C)n1)C1CCC(CCC)CC1. The summed E-state index contributed by atoms with van der Waals surface area (Å²) in [6.07, 6.45) is 10.3. The van der Waals surface area contributed by atoms with Crippen LogP contribution >= 0.6 is 0 Å². The summed E-state index contributed by atoms with van der Waals surface area (Å²) in [5, 5.41) is 16.2. The number of nitrogens with zero attached hydrogens (tertiary/aromatic N) is 4. The van der Waals surface area contributed by atoms with E-state index in [2.05, 4.69) is 34.6 Å². The molecule has 21 heavy (non-hydrogen) atoms. The van der Waals surface area contributed by atoms with Gasteiger partial charge in [-0.3, -0.25) is 0 Å². The fourth-order valence-electron chi connectivity index (χ4n) is 3.62. The first kappa shape index (κ1) is 16.4. The van der Waals surface area contributed by atoms with Crippen LogP contribution in [0.3, 0.4) is 0 Å². The zero-order valence-electron chi connectivity index (χ0n) is 13.9. The van der Waals surface area contributed by atoms with E-state index >= 15 is 0 Å². The number of hydrogen-bond acceptors (Lipinski definition) is 4. The number of tetrazole rings is 1. The quantitative estimate of drug-likeness (QED) is 0.800. The van der Waals surface area contributed by atoms with Gasteiger partial charge in [-0.2, -0.15) is 4.80 Å². The van der Waals surface area contributed by atoms with Crippen molar-refractivity contribution in [3.05, 3.63) is 5.82 Å². The van der Waals surface area contributed by atoms with E-state index in [4.69, 9.17) is 0 Å². The van der Waals surface area contributed by atoms with Crippen LogP contribution in [0.4, 0.5) is 0 Å². The van der Waals surface area contributed by atoms with Crippen LogP contribution < -0.4 is 5.32 Å². The Morgan fingerprint density at radius 2 is 1.95 bits per heavy atom. The smallest absolute Gasteiger partial charge is 0.176 e. The third-order valence-corrected chi connectivity index (χ3v) is 4.77. The van der Waals surface area contributed by atoms with Gasteiger partial charge in [0.25, 0.3) is 0 Å². The molecule has 5 heteroatoms. The minimum absolute atomic E-state index is 0.511. The molecule has 120 valence electrons. The summed E-state index contributed by atoms with van der Waals surface area (Å²) >= 11 is 0. The summed E-state index contributed by atoms with van der Waals surface area (Å²) in [4.78, 5) is 1.56. The molecule has 0 amide bonds. The van der Waals surface area contributed by atoms with Crippen LogP contribution in [0.5, 0.6) is 0 Å². The summed E-state index contributed by atoms with van der Waals surface area (Å²) in [7, 11) is 1.83. The van der Waals surface area contributed by atoms with E-state index in [9.17, 15) is 0 Å². The number of hydrogen-bond donors (Lipinski definition) is 1. The van der Waals surface area contributed by atoms with Crippen molar-refractivity contribution in [2.75, 3.05) is 6.54 Å². The highest BCUT2D eigenvalue weighted by atomic mass is 15.6. The Morgan fingerprint density at radius 3 is 2.52 bits per heavy atom. The molecule has 0 radical (unpaired) electrons. The molecule has 1 unspecified atom stereocenters. The van der Waals surface area contributed by atoms with Crippen molar-refractivity contribution in [1.82, 2.24) is 25.5 Å². The molecule has 1 fully saturated rings. The van der Waals surface area contributed by atoms with Gasteiger partial charge in [0.2, 0.25) is 0 Å². The second kappa shape index (κ2) is 8.47. The van der Waals surface area contributed by atoms with E-state index in [1.807, 2.05) is 7.05 Å². The predicted octanol–water partition coefficient (Wildman–Crippen LogP) is 2.73. The predicted molar refractivity (Wildman–Crippen MR) is 84.9 cm³/mol. The van der Waals surface area contributed by atoms with Gasteiger partial charge in [-0.1, -0.05) is 39.5 Å². The lowest BCUT2D eigenvalue weighted by Crippen LogP contribution is -2.40. The second-order valence-corrected chi connectivity index (χ2v) is 6.53. The number of aryl methyl sites for hydroxylation is 1. The molecule has 1 aliphatic rings. The fraction of sp³-hybridized carbons (Fsp3) is 0.938. The highest BCUT2D eigenvalue weighted by Crippen LogP contribution is 2.33. The molecular weight excluding hydrogens is 262 g/mol. The Hall–Kier alpha value is -0.970. The van der Waals surface area contributed by atoms with Gasteiger partial charge in [0.15, 0.2) is 5.82 Å². The van der Waals surface area contributed by atoms with E-state index < -0.39 is 0 Å². The van der Waals surface area contributed by atoms with Gasteiger partial charge in [-0.15, -0.1) is 10.2 Å². The molecule has 1 heterocycles. The summed E-state index contributed by atoms with van der Waals surface area (Å²) in [6.45, 7) is 5.61. The van der Waals surface area contributed by atoms with Crippen LogP contribution in [0.15, 0.2) is 0 Å². The standard InChI is InChI=1S/C16H31N5/c1-4-6-13-7-9-14(10-8-13)15(17-11-5-2)12-16-18-20-21(3)19-16/h13-15,17H,4-12H2,1-3H3. The zero-order valence-corrected chi connectivity index (χ0v) is 13.9. The first-order chi connectivity index (χ1) is 10.2. The Kier molecular flexibility index (Phi) is 6.61. The van der Waals surface area contributed by atoms with E-state index in [-0.39, 0.29) is 0 Å². The Balaban J connectivity index is 1.90. The monoisotopic (exact) mass is 293 g/mol. The number of rotatable bonds is 8. The molecule has 0 saturated heterocycles.